The maximum absolute atomic E-state index is 12.8. The standard InChI is InChI=1S/C17H25NO4/c1-4-6-9-21-16(20)13-12-7-8-17(22-12)10-18(11(3)5-2)15(19)14(13)17/h7-8,11-14H,4-6,9-10H2,1-3H3/t11-,12-,13-,14-,17+/m1/s1. The third-order valence-electron chi connectivity index (χ3n) is 5.27. The van der Waals surface area contributed by atoms with Gasteiger partial charge in [-0.1, -0.05) is 32.4 Å². The second kappa shape index (κ2) is 5.69. The van der Waals surface area contributed by atoms with Crippen molar-refractivity contribution >= 4 is 11.9 Å². The lowest BCUT2D eigenvalue weighted by molar-refractivity contribution is -0.154. The molecule has 0 N–H and O–H groups in total. The Hall–Kier alpha value is -1.36. The molecular weight excluding hydrogens is 282 g/mol. The van der Waals surface area contributed by atoms with Crippen molar-refractivity contribution in [2.24, 2.45) is 11.8 Å². The van der Waals surface area contributed by atoms with Crippen LogP contribution in [0.15, 0.2) is 12.2 Å². The number of rotatable bonds is 6. The fraction of sp³-hybridized carbons (Fsp3) is 0.765. The normalized spacial score (nSPS) is 36.8. The highest BCUT2D eigenvalue weighted by atomic mass is 16.6. The van der Waals surface area contributed by atoms with Gasteiger partial charge in [-0.15, -0.1) is 0 Å². The molecule has 5 heteroatoms. The van der Waals surface area contributed by atoms with Gasteiger partial charge < -0.3 is 14.4 Å². The van der Waals surface area contributed by atoms with Gasteiger partial charge in [-0.2, -0.15) is 0 Å². The fourth-order valence-corrected chi connectivity index (χ4v) is 3.80. The number of fused-ring (bicyclic) bond motifs is 1. The maximum atomic E-state index is 12.8. The van der Waals surface area contributed by atoms with Crippen LogP contribution < -0.4 is 0 Å². The molecule has 0 saturated carbocycles. The minimum Gasteiger partial charge on any atom is -0.465 e. The van der Waals surface area contributed by atoms with Gasteiger partial charge in [0.2, 0.25) is 5.91 Å². The third-order valence-corrected chi connectivity index (χ3v) is 5.27. The van der Waals surface area contributed by atoms with Gasteiger partial charge >= 0.3 is 5.97 Å². The summed E-state index contributed by atoms with van der Waals surface area (Å²) >= 11 is 0. The molecule has 0 aromatic carbocycles. The SMILES string of the molecule is CCCCOC(=O)[C@@H]1[C@H]2C=C[C@@]3(CN([C@H](C)CC)C(=O)[C@@H]13)O2. The fourth-order valence-electron chi connectivity index (χ4n) is 3.80. The van der Waals surface area contributed by atoms with Crippen LogP contribution in [0.5, 0.6) is 0 Å². The lowest BCUT2D eigenvalue weighted by Crippen LogP contribution is -2.41. The highest BCUT2D eigenvalue weighted by molar-refractivity contribution is 5.91. The summed E-state index contributed by atoms with van der Waals surface area (Å²) in [5, 5.41) is 0. The van der Waals surface area contributed by atoms with Gasteiger partial charge in [0.25, 0.3) is 0 Å². The summed E-state index contributed by atoms with van der Waals surface area (Å²) in [6.07, 6.45) is 6.33. The molecule has 0 aromatic rings. The van der Waals surface area contributed by atoms with Crippen LogP contribution in [0.2, 0.25) is 0 Å². The van der Waals surface area contributed by atoms with Crippen LogP contribution in [0.1, 0.15) is 40.0 Å². The number of nitrogens with zero attached hydrogens (tertiary/aromatic N) is 1. The predicted octanol–water partition coefficient (Wildman–Crippen LogP) is 1.91. The van der Waals surface area contributed by atoms with Crippen molar-refractivity contribution in [3.8, 4) is 0 Å². The van der Waals surface area contributed by atoms with E-state index in [1.165, 1.54) is 0 Å². The summed E-state index contributed by atoms with van der Waals surface area (Å²) in [5.41, 5.74) is -0.611. The van der Waals surface area contributed by atoms with Gasteiger partial charge in [-0.05, 0) is 19.8 Å². The Kier molecular flexibility index (Phi) is 4.02. The molecule has 1 amide bonds. The Morgan fingerprint density at radius 1 is 1.55 bits per heavy atom. The summed E-state index contributed by atoms with van der Waals surface area (Å²) in [5.74, 6) is -1.14. The number of esters is 1. The molecular formula is C17H25NO4. The molecule has 2 fully saturated rings. The van der Waals surface area contributed by atoms with Crippen molar-refractivity contribution in [1.29, 1.82) is 0 Å². The van der Waals surface area contributed by atoms with Crippen molar-refractivity contribution in [3.05, 3.63) is 12.2 Å². The van der Waals surface area contributed by atoms with Gasteiger partial charge in [0.1, 0.15) is 11.5 Å². The molecule has 2 saturated heterocycles. The van der Waals surface area contributed by atoms with E-state index in [-0.39, 0.29) is 24.0 Å². The largest absolute Gasteiger partial charge is 0.465 e. The molecule has 3 heterocycles. The second-order valence-corrected chi connectivity index (χ2v) is 6.64. The van der Waals surface area contributed by atoms with Crippen molar-refractivity contribution in [2.45, 2.75) is 57.8 Å². The van der Waals surface area contributed by atoms with Crippen LogP contribution in [0, 0.1) is 11.8 Å². The Labute approximate surface area is 131 Å². The van der Waals surface area contributed by atoms with Gasteiger partial charge in [0, 0.05) is 6.04 Å². The van der Waals surface area contributed by atoms with Crippen molar-refractivity contribution in [1.82, 2.24) is 4.90 Å². The van der Waals surface area contributed by atoms with E-state index in [1.807, 2.05) is 24.0 Å². The number of ether oxygens (including phenoxy) is 2. The Morgan fingerprint density at radius 2 is 2.32 bits per heavy atom. The van der Waals surface area contributed by atoms with Gasteiger partial charge in [-0.3, -0.25) is 9.59 Å². The molecule has 22 heavy (non-hydrogen) atoms. The van der Waals surface area contributed by atoms with Crippen molar-refractivity contribution in [2.75, 3.05) is 13.2 Å². The highest BCUT2D eigenvalue weighted by Crippen LogP contribution is 2.52. The molecule has 0 radical (unpaired) electrons. The molecule has 5 atom stereocenters. The maximum Gasteiger partial charge on any atom is 0.312 e. The molecule has 0 aliphatic carbocycles. The number of carbonyl (C=O) groups excluding carboxylic acids is 2. The molecule has 0 unspecified atom stereocenters. The zero-order valence-electron chi connectivity index (χ0n) is 13.6. The lowest BCUT2D eigenvalue weighted by atomic mass is 9.77. The zero-order chi connectivity index (χ0) is 15.9. The average Bonchev–Trinajstić information content (AvgIpc) is 3.15. The molecule has 3 aliphatic heterocycles. The summed E-state index contributed by atoms with van der Waals surface area (Å²) in [6.45, 7) is 7.13. The summed E-state index contributed by atoms with van der Waals surface area (Å²) in [6, 6.07) is 0.167. The molecule has 3 aliphatic rings. The average molecular weight is 307 g/mol. The van der Waals surface area contributed by atoms with E-state index in [1.54, 1.807) is 0 Å². The Bertz CT molecular complexity index is 503. The van der Waals surface area contributed by atoms with E-state index >= 15 is 0 Å². The lowest BCUT2D eigenvalue weighted by Gasteiger charge is -2.26. The van der Waals surface area contributed by atoms with E-state index < -0.39 is 17.4 Å². The molecule has 122 valence electrons. The number of unbranched alkanes of at least 4 members (excludes halogenated alkanes) is 1. The van der Waals surface area contributed by atoms with E-state index in [0.717, 1.165) is 19.3 Å². The van der Waals surface area contributed by atoms with Crippen LogP contribution in [0.4, 0.5) is 0 Å². The summed E-state index contributed by atoms with van der Waals surface area (Å²) in [4.78, 5) is 27.1. The summed E-state index contributed by atoms with van der Waals surface area (Å²) in [7, 11) is 0. The molecule has 0 aromatic heterocycles. The van der Waals surface area contributed by atoms with Gasteiger partial charge in [0.15, 0.2) is 0 Å². The quantitative estimate of drug-likeness (QED) is 0.427. The zero-order valence-corrected chi connectivity index (χ0v) is 13.6. The summed E-state index contributed by atoms with van der Waals surface area (Å²) < 4.78 is 11.4. The van der Waals surface area contributed by atoms with E-state index in [4.69, 9.17) is 9.47 Å². The minimum absolute atomic E-state index is 0.0404. The number of carbonyl (C=O) groups is 2. The molecule has 3 rings (SSSR count). The number of hydrogen-bond acceptors (Lipinski definition) is 4. The highest BCUT2D eigenvalue weighted by Gasteiger charge is 2.67. The van der Waals surface area contributed by atoms with Crippen molar-refractivity contribution in [3.63, 3.8) is 0 Å². The smallest absolute Gasteiger partial charge is 0.312 e. The predicted molar refractivity (Wildman–Crippen MR) is 81.1 cm³/mol. The van der Waals surface area contributed by atoms with Gasteiger partial charge in [0.05, 0.1) is 25.2 Å². The van der Waals surface area contributed by atoms with Crippen LogP contribution in [0.25, 0.3) is 0 Å². The monoisotopic (exact) mass is 307 g/mol. The first-order valence-electron chi connectivity index (χ1n) is 8.38. The van der Waals surface area contributed by atoms with Crippen LogP contribution in [-0.4, -0.2) is 47.7 Å². The van der Waals surface area contributed by atoms with Gasteiger partial charge in [-0.25, -0.2) is 0 Å². The molecule has 5 nitrogen and oxygen atoms in total. The van der Waals surface area contributed by atoms with Crippen LogP contribution in [0.3, 0.4) is 0 Å². The second-order valence-electron chi connectivity index (χ2n) is 6.64. The number of hydrogen-bond donors (Lipinski definition) is 0. The van der Waals surface area contributed by atoms with E-state index in [9.17, 15) is 9.59 Å². The van der Waals surface area contributed by atoms with E-state index in [2.05, 4.69) is 13.8 Å². The molecule has 1 spiro atoms. The number of amides is 1. The van der Waals surface area contributed by atoms with Crippen molar-refractivity contribution < 1.29 is 19.1 Å². The first kappa shape index (κ1) is 15.5. The minimum atomic E-state index is -0.611. The van der Waals surface area contributed by atoms with E-state index in [0.29, 0.717) is 13.2 Å². The first-order valence-corrected chi connectivity index (χ1v) is 8.38. The van der Waals surface area contributed by atoms with Crippen LogP contribution in [-0.2, 0) is 19.1 Å². The first-order chi connectivity index (χ1) is 10.5. The Morgan fingerprint density at radius 3 is 3.00 bits per heavy atom. The Balaban J connectivity index is 1.79. The molecule has 2 bridgehead atoms. The number of likely N-dealkylation sites (tertiary alicyclic amines) is 1. The van der Waals surface area contributed by atoms with Crippen LogP contribution >= 0.6 is 0 Å². The third kappa shape index (κ3) is 2.18. The topological polar surface area (TPSA) is 55.8 Å².